The number of hydrogen-bond acceptors (Lipinski definition) is 4. The third-order valence-electron chi connectivity index (χ3n) is 2.46. The maximum atomic E-state index is 11.3. The van der Waals surface area contributed by atoms with Crippen LogP contribution in [0.5, 0.6) is 0 Å². The van der Waals surface area contributed by atoms with Crippen LogP contribution in [0.15, 0.2) is 12.4 Å². The highest BCUT2D eigenvalue weighted by molar-refractivity contribution is 5.82. The summed E-state index contributed by atoms with van der Waals surface area (Å²) in [6.07, 6.45) is 1.44. The van der Waals surface area contributed by atoms with Gasteiger partial charge in [0.2, 0.25) is 0 Å². The van der Waals surface area contributed by atoms with Crippen molar-refractivity contribution >= 4 is 11.6 Å². The lowest BCUT2D eigenvalue weighted by Crippen LogP contribution is -2.11. The minimum Gasteiger partial charge on any atom is -0.299 e. The van der Waals surface area contributed by atoms with E-state index in [9.17, 15) is 4.79 Å². The average molecular weight is 204 g/mol. The molecule has 2 heterocycles. The third-order valence-corrected chi connectivity index (χ3v) is 2.46. The van der Waals surface area contributed by atoms with Crippen molar-refractivity contribution in [3.05, 3.63) is 23.8 Å². The van der Waals surface area contributed by atoms with Crippen LogP contribution in [0, 0.1) is 6.92 Å². The molecule has 1 unspecified atom stereocenters. The van der Waals surface area contributed by atoms with Crippen molar-refractivity contribution < 1.29 is 4.79 Å². The van der Waals surface area contributed by atoms with Gasteiger partial charge >= 0.3 is 0 Å². The average Bonchev–Trinajstić information content (AvgIpc) is 2.62. The van der Waals surface area contributed by atoms with Crippen LogP contribution < -0.4 is 0 Å². The Balaban J connectivity index is 2.67. The molecule has 0 saturated carbocycles. The van der Waals surface area contributed by atoms with E-state index in [-0.39, 0.29) is 11.7 Å². The van der Waals surface area contributed by atoms with E-state index in [1.165, 1.54) is 6.33 Å². The number of aromatic nitrogens is 4. The summed E-state index contributed by atoms with van der Waals surface area (Å²) in [6.45, 7) is 5.31. The first-order chi connectivity index (χ1) is 7.09. The molecule has 0 bridgehead atoms. The van der Waals surface area contributed by atoms with Crippen molar-refractivity contribution in [1.82, 2.24) is 19.6 Å². The summed E-state index contributed by atoms with van der Waals surface area (Å²) < 4.78 is 1.61. The molecule has 2 aromatic heterocycles. The molecule has 0 amide bonds. The number of hydrogen-bond donors (Lipinski definition) is 0. The molecule has 0 aliphatic carbocycles. The Kier molecular flexibility index (Phi) is 2.22. The minimum absolute atomic E-state index is 0.109. The molecule has 0 N–H and O–H groups in total. The van der Waals surface area contributed by atoms with Crippen LogP contribution in [0.1, 0.15) is 31.2 Å². The highest BCUT2D eigenvalue weighted by atomic mass is 16.1. The molecule has 0 fully saturated rings. The van der Waals surface area contributed by atoms with Gasteiger partial charge in [-0.15, -0.1) is 0 Å². The summed E-state index contributed by atoms with van der Waals surface area (Å²) in [4.78, 5) is 19.6. The van der Waals surface area contributed by atoms with E-state index in [2.05, 4.69) is 15.1 Å². The van der Waals surface area contributed by atoms with E-state index in [0.717, 1.165) is 11.4 Å². The van der Waals surface area contributed by atoms with Gasteiger partial charge in [0.15, 0.2) is 0 Å². The number of ketones is 1. The van der Waals surface area contributed by atoms with Gasteiger partial charge in [0.05, 0.1) is 11.6 Å². The van der Waals surface area contributed by atoms with E-state index >= 15 is 0 Å². The smallest absolute Gasteiger partial charge is 0.252 e. The van der Waals surface area contributed by atoms with E-state index in [1.807, 2.05) is 19.9 Å². The van der Waals surface area contributed by atoms with Gasteiger partial charge < -0.3 is 0 Å². The maximum Gasteiger partial charge on any atom is 0.252 e. The summed E-state index contributed by atoms with van der Waals surface area (Å²) in [6, 6.07) is 1.87. The van der Waals surface area contributed by atoms with Crippen LogP contribution in [-0.2, 0) is 4.79 Å². The number of nitrogens with zero attached hydrogens (tertiary/aromatic N) is 4. The molecule has 5 nitrogen and oxygen atoms in total. The largest absolute Gasteiger partial charge is 0.299 e. The molecule has 2 rings (SSSR count). The van der Waals surface area contributed by atoms with Crippen LogP contribution in [0.2, 0.25) is 0 Å². The Labute approximate surface area is 87.2 Å². The molecule has 0 saturated heterocycles. The van der Waals surface area contributed by atoms with E-state index in [0.29, 0.717) is 5.78 Å². The van der Waals surface area contributed by atoms with Crippen molar-refractivity contribution in [3.63, 3.8) is 0 Å². The first-order valence-corrected chi connectivity index (χ1v) is 4.77. The molecular weight excluding hydrogens is 192 g/mol. The molecule has 0 spiro atoms. The molecule has 2 aromatic rings. The Bertz CT molecular complexity index is 517. The van der Waals surface area contributed by atoms with Gasteiger partial charge in [0, 0.05) is 5.69 Å². The van der Waals surface area contributed by atoms with Crippen molar-refractivity contribution in [2.45, 2.75) is 26.7 Å². The quantitative estimate of drug-likeness (QED) is 0.735. The summed E-state index contributed by atoms with van der Waals surface area (Å²) in [7, 11) is 0. The summed E-state index contributed by atoms with van der Waals surface area (Å²) in [5.41, 5.74) is 1.68. The number of Topliss-reactive ketones (excluding diaryl/α,β-unsaturated/α-hetero) is 1. The Hall–Kier alpha value is -1.78. The van der Waals surface area contributed by atoms with Gasteiger partial charge in [-0.3, -0.25) is 4.79 Å². The maximum absolute atomic E-state index is 11.3. The predicted octanol–water partition coefficient (Wildman–Crippen LogP) is 1.13. The van der Waals surface area contributed by atoms with E-state index < -0.39 is 0 Å². The lowest BCUT2D eigenvalue weighted by atomic mass is 10.0. The molecule has 0 aliphatic rings. The molecule has 5 heteroatoms. The minimum atomic E-state index is -0.184. The Morgan fingerprint density at radius 3 is 2.93 bits per heavy atom. The Morgan fingerprint density at radius 2 is 2.27 bits per heavy atom. The lowest BCUT2D eigenvalue weighted by Gasteiger charge is -2.09. The SMILES string of the molecule is CC(=O)C(C)c1cc(C)nc2ncnn12. The van der Waals surface area contributed by atoms with Crippen LogP contribution in [0.4, 0.5) is 0 Å². The van der Waals surface area contributed by atoms with Crippen LogP contribution >= 0.6 is 0 Å². The number of aryl methyl sites for hydroxylation is 1. The summed E-state index contributed by atoms with van der Waals surface area (Å²) >= 11 is 0. The predicted molar refractivity (Wildman–Crippen MR) is 54.6 cm³/mol. The first kappa shape index (κ1) is 9.76. The van der Waals surface area contributed by atoms with E-state index in [1.54, 1.807) is 11.4 Å². The van der Waals surface area contributed by atoms with Crippen LogP contribution in [0.25, 0.3) is 5.78 Å². The number of fused-ring (bicyclic) bond motifs is 1. The fourth-order valence-electron chi connectivity index (χ4n) is 1.48. The van der Waals surface area contributed by atoms with Crippen molar-refractivity contribution in [3.8, 4) is 0 Å². The molecule has 0 aromatic carbocycles. The van der Waals surface area contributed by atoms with Gasteiger partial charge in [-0.25, -0.2) is 9.50 Å². The molecule has 1 atom stereocenters. The van der Waals surface area contributed by atoms with Gasteiger partial charge in [-0.1, -0.05) is 0 Å². The summed E-state index contributed by atoms with van der Waals surface area (Å²) in [5.74, 6) is 0.464. The van der Waals surface area contributed by atoms with Crippen LogP contribution in [0.3, 0.4) is 0 Å². The number of carbonyl (C=O) groups excluding carboxylic acids is 1. The number of rotatable bonds is 2. The zero-order chi connectivity index (χ0) is 11.0. The van der Waals surface area contributed by atoms with Crippen molar-refractivity contribution in [1.29, 1.82) is 0 Å². The lowest BCUT2D eigenvalue weighted by molar-refractivity contribution is -0.118. The van der Waals surface area contributed by atoms with Crippen molar-refractivity contribution in [2.75, 3.05) is 0 Å². The second-order valence-electron chi connectivity index (χ2n) is 3.63. The first-order valence-electron chi connectivity index (χ1n) is 4.77. The second-order valence-corrected chi connectivity index (χ2v) is 3.63. The van der Waals surface area contributed by atoms with Crippen LogP contribution in [-0.4, -0.2) is 25.4 Å². The van der Waals surface area contributed by atoms with Gasteiger partial charge in [0.1, 0.15) is 12.1 Å². The van der Waals surface area contributed by atoms with E-state index in [4.69, 9.17) is 0 Å². The summed E-state index contributed by atoms with van der Waals surface area (Å²) in [5, 5.41) is 4.05. The molecular formula is C10H12N4O. The van der Waals surface area contributed by atoms with Crippen molar-refractivity contribution in [2.24, 2.45) is 0 Å². The highest BCUT2D eigenvalue weighted by Crippen LogP contribution is 2.16. The number of carbonyl (C=O) groups is 1. The Morgan fingerprint density at radius 1 is 1.53 bits per heavy atom. The van der Waals surface area contributed by atoms with Gasteiger partial charge in [-0.2, -0.15) is 10.1 Å². The second kappa shape index (κ2) is 3.42. The third kappa shape index (κ3) is 1.60. The molecule has 15 heavy (non-hydrogen) atoms. The molecule has 0 radical (unpaired) electrons. The van der Waals surface area contributed by atoms with Gasteiger partial charge in [0.25, 0.3) is 5.78 Å². The molecule has 78 valence electrons. The normalized spacial score (nSPS) is 13.0. The van der Waals surface area contributed by atoms with Gasteiger partial charge in [-0.05, 0) is 26.8 Å². The highest BCUT2D eigenvalue weighted by Gasteiger charge is 2.16. The monoisotopic (exact) mass is 204 g/mol. The standard InChI is InChI=1S/C10H12N4O/c1-6-4-9(7(2)8(3)15)14-10(13-6)11-5-12-14/h4-5,7H,1-3H3. The molecule has 0 aliphatic heterocycles. The zero-order valence-corrected chi connectivity index (χ0v) is 8.93. The zero-order valence-electron chi connectivity index (χ0n) is 8.93. The fraction of sp³-hybridized carbons (Fsp3) is 0.400. The fourth-order valence-corrected chi connectivity index (χ4v) is 1.48. The topological polar surface area (TPSA) is 60.2 Å².